The lowest BCUT2D eigenvalue weighted by atomic mass is 9.80. The van der Waals surface area contributed by atoms with Gasteiger partial charge in [-0.2, -0.15) is 0 Å². The quantitative estimate of drug-likeness (QED) is 0.682. The number of aliphatic carboxylic acids is 1. The Labute approximate surface area is 79.5 Å². The van der Waals surface area contributed by atoms with E-state index in [9.17, 15) is 4.79 Å². The maximum Gasteiger partial charge on any atom is 0.307 e. The first-order chi connectivity index (χ1) is 6.11. The van der Waals surface area contributed by atoms with Gasteiger partial charge in [0.1, 0.15) is 0 Å². The molecule has 0 radical (unpaired) electrons. The van der Waals surface area contributed by atoms with Crippen molar-refractivity contribution in [1.29, 1.82) is 0 Å². The average Bonchev–Trinajstić information content (AvgIpc) is 1.96. The first-order valence-corrected chi connectivity index (χ1v) is 5.07. The molecular formula is C10H19NO2. The van der Waals surface area contributed by atoms with Crippen LogP contribution in [0.4, 0.5) is 0 Å². The summed E-state index contributed by atoms with van der Waals surface area (Å²) in [6.07, 6.45) is 3.94. The molecular weight excluding hydrogens is 166 g/mol. The Morgan fingerprint density at radius 2 is 2.15 bits per heavy atom. The van der Waals surface area contributed by atoms with E-state index in [0.29, 0.717) is 12.6 Å². The number of carboxylic acid groups (broad SMARTS) is 1. The molecule has 0 aliphatic heterocycles. The summed E-state index contributed by atoms with van der Waals surface area (Å²) in [7, 11) is 0. The Bertz CT molecular complexity index is 178. The molecule has 2 N–H and O–H groups in total. The van der Waals surface area contributed by atoms with Gasteiger partial charge in [0, 0.05) is 12.6 Å². The normalized spacial score (nSPS) is 22.0. The van der Waals surface area contributed by atoms with Crippen LogP contribution in [0.25, 0.3) is 0 Å². The van der Waals surface area contributed by atoms with Gasteiger partial charge >= 0.3 is 5.97 Å². The summed E-state index contributed by atoms with van der Waals surface area (Å²) in [5.41, 5.74) is 0. The van der Waals surface area contributed by atoms with Gasteiger partial charge in [0.15, 0.2) is 0 Å². The number of hydrogen-bond donors (Lipinski definition) is 2. The molecule has 1 aliphatic rings. The van der Waals surface area contributed by atoms with Gasteiger partial charge in [0.05, 0.1) is 5.92 Å². The van der Waals surface area contributed by atoms with Gasteiger partial charge in [-0.25, -0.2) is 0 Å². The molecule has 3 heteroatoms. The van der Waals surface area contributed by atoms with Crippen molar-refractivity contribution < 1.29 is 9.90 Å². The van der Waals surface area contributed by atoms with E-state index in [4.69, 9.17) is 5.11 Å². The summed E-state index contributed by atoms with van der Waals surface area (Å²) in [4.78, 5) is 10.5. The second-order valence-corrected chi connectivity index (χ2v) is 4.13. The zero-order valence-electron chi connectivity index (χ0n) is 8.42. The van der Waals surface area contributed by atoms with Crippen molar-refractivity contribution in [1.82, 2.24) is 5.32 Å². The molecule has 13 heavy (non-hydrogen) atoms. The van der Waals surface area contributed by atoms with Gasteiger partial charge in [-0.15, -0.1) is 0 Å². The summed E-state index contributed by atoms with van der Waals surface area (Å²) >= 11 is 0. The van der Waals surface area contributed by atoms with Crippen LogP contribution in [0.3, 0.4) is 0 Å². The molecule has 0 bridgehead atoms. The topological polar surface area (TPSA) is 49.3 Å². The van der Waals surface area contributed by atoms with E-state index in [2.05, 4.69) is 12.2 Å². The molecule has 76 valence electrons. The minimum absolute atomic E-state index is 0.275. The summed E-state index contributed by atoms with van der Waals surface area (Å²) in [6.45, 7) is 4.48. The lowest BCUT2D eigenvalue weighted by Gasteiger charge is -2.32. The maximum absolute atomic E-state index is 10.5. The van der Waals surface area contributed by atoms with E-state index in [1.165, 1.54) is 19.3 Å². The predicted octanol–water partition coefficient (Wildman–Crippen LogP) is 1.49. The molecule has 1 aliphatic carbocycles. The molecule has 0 saturated heterocycles. The first kappa shape index (κ1) is 10.5. The minimum atomic E-state index is -0.715. The average molecular weight is 185 g/mol. The first-order valence-electron chi connectivity index (χ1n) is 5.07. The predicted molar refractivity (Wildman–Crippen MR) is 51.6 cm³/mol. The number of nitrogens with one attached hydrogen (secondary N) is 1. The van der Waals surface area contributed by atoms with Crippen molar-refractivity contribution in [3.8, 4) is 0 Å². The lowest BCUT2D eigenvalue weighted by Crippen LogP contribution is -2.40. The van der Waals surface area contributed by atoms with Crippen molar-refractivity contribution in [2.75, 3.05) is 6.54 Å². The Morgan fingerprint density at radius 3 is 2.54 bits per heavy atom. The molecule has 2 unspecified atom stereocenters. The molecule has 0 aromatic heterocycles. The van der Waals surface area contributed by atoms with Gasteiger partial charge in [-0.05, 0) is 25.7 Å². The molecule has 1 rings (SSSR count). The van der Waals surface area contributed by atoms with E-state index >= 15 is 0 Å². The van der Waals surface area contributed by atoms with Crippen LogP contribution in [-0.4, -0.2) is 23.7 Å². The van der Waals surface area contributed by atoms with Crippen LogP contribution >= 0.6 is 0 Å². The van der Waals surface area contributed by atoms with Crippen molar-refractivity contribution in [2.24, 2.45) is 11.8 Å². The van der Waals surface area contributed by atoms with Crippen LogP contribution in [0.15, 0.2) is 0 Å². The summed E-state index contributed by atoms with van der Waals surface area (Å²) in [5.74, 6) is -0.211. The standard InChI is InChI=1S/C10H19NO2/c1-7(10(12)13)6-11-8(2)9-4-3-5-9/h7-9,11H,3-6H2,1-2H3,(H,12,13). The van der Waals surface area contributed by atoms with Gasteiger partial charge in [-0.1, -0.05) is 13.3 Å². The molecule has 0 amide bonds. The van der Waals surface area contributed by atoms with Gasteiger partial charge in [0.25, 0.3) is 0 Å². The number of hydrogen-bond acceptors (Lipinski definition) is 2. The summed E-state index contributed by atoms with van der Waals surface area (Å²) in [6, 6.07) is 0.482. The zero-order chi connectivity index (χ0) is 9.84. The number of carboxylic acids is 1. The van der Waals surface area contributed by atoms with Crippen LogP contribution in [0.5, 0.6) is 0 Å². The molecule has 0 aromatic carbocycles. The molecule has 1 fully saturated rings. The van der Waals surface area contributed by atoms with E-state index < -0.39 is 5.97 Å². The molecule has 0 heterocycles. The SMILES string of the molecule is CC(CNC(C)C1CCC1)C(=O)O. The molecule has 1 saturated carbocycles. The Morgan fingerprint density at radius 1 is 1.54 bits per heavy atom. The summed E-state index contributed by atoms with van der Waals surface area (Å²) in [5, 5.41) is 11.9. The summed E-state index contributed by atoms with van der Waals surface area (Å²) < 4.78 is 0. The van der Waals surface area contributed by atoms with Gasteiger partial charge in [-0.3, -0.25) is 4.79 Å². The van der Waals surface area contributed by atoms with Crippen LogP contribution in [0.2, 0.25) is 0 Å². The second-order valence-electron chi connectivity index (χ2n) is 4.13. The zero-order valence-corrected chi connectivity index (χ0v) is 8.42. The van der Waals surface area contributed by atoms with E-state index in [-0.39, 0.29) is 5.92 Å². The fourth-order valence-electron chi connectivity index (χ4n) is 1.56. The van der Waals surface area contributed by atoms with E-state index in [0.717, 1.165) is 5.92 Å². The third kappa shape index (κ3) is 2.99. The van der Waals surface area contributed by atoms with E-state index in [1.54, 1.807) is 6.92 Å². The maximum atomic E-state index is 10.5. The third-order valence-corrected chi connectivity index (χ3v) is 3.02. The smallest absolute Gasteiger partial charge is 0.307 e. The fourth-order valence-corrected chi connectivity index (χ4v) is 1.56. The molecule has 2 atom stereocenters. The van der Waals surface area contributed by atoms with Crippen molar-refractivity contribution in [2.45, 2.75) is 39.2 Å². The molecule has 0 spiro atoms. The minimum Gasteiger partial charge on any atom is -0.481 e. The van der Waals surface area contributed by atoms with Crippen LogP contribution in [0, 0.1) is 11.8 Å². The third-order valence-electron chi connectivity index (χ3n) is 3.02. The fraction of sp³-hybridized carbons (Fsp3) is 0.900. The Kier molecular flexibility index (Phi) is 3.72. The van der Waals surface area contributed by atoms with Crippen molar-refractivity contribution in [3.05, 3.63) is 0 Å². The van der Waals surface area contributed by atoms with Gasteiger partial charge < -0.3 is 10.4 Å². The van der Waals surface area contributed by atoms with Crippen LogP contribution < -0.4 is 5.32 Å². The largest absolute Gasteiger partial charge is 0.481 e. The van der Waals surface area contributed by atoms with Crippen LogP contribution in [0.1, 0.15) is 33.1 Å². The van der Waals surface area contributed by atoms with E-state index in [1.807, 2.05) is 0 Å². The van der Waals surface area contributed by atoms with Gasteiger partial charge in [0.2, 0.25) is 0 Å². The highest BCUT2D eigenvalue weighted by molar-refractivity contribution is 5.69. The number of carbonyl (C=O) groups is 1. The highest BCUT2D eigenvalue weighted by atomic mass is 16.4. The monoisotopic (exact) mass is 185 g/mol. The second kappa shape index (κ2) is 4.61. The highest BCUT2D eigenvalue weighted by Crippen LogP contribution is 2.29. The Balaban J connectivity index is 2.13. The Hall–Kier alpha value is -0.570. The molecule has 0 aromatic rings. The highest BCUT2D eigenvalue weighted by Gasteiger charge is 2.24. The van der Waals surface area contributed by atoms with Crippen LogP contribution in [-0.2, 0) is 4.79 Å². The van der Waals surface area contributed by atoms with Crippen molar-refractivity contribution in [3.63, 3.8) is 0 Å². The van der Waals surface area contributed by atoms with Crippen molar-refractivity contribution >= 4 is 5.97 Å². The number of rotatable bonds is 5. The molecule has 3 nitrogen and oxygen atoms in total. The lowest BCUT2D eigenvalue weighted by molar-refractivity contribution is -0.141.